The third-order valence-corrected chi connectivity index (χ3v) is 11.4. The second-order valence-corrected chi connectivity index (χ2v) is 14.9. The number of fused-ring (bicyclic) bond motifs is 4. The van der Waals surface area contributed by atoms with Gasteiger partial charge in [-0.05, 0) is 100 Å². The summed E-state index contributed by atoms with van der Waals surface area (Å²) in [5.74, 6) is 0.0589. The highest BCUT2D eigenvalue weighted by molar-refractivity contribution is 5.82. The average molecular weight is 810 g/mol. The molecule has 0 saturated carbocycles. The van der Waals surface area contributed by atoms with Gasteiger partial charge in [-0.15, -0.1) is 6.58 Å². The molecule has 3 aliphatic rings. The number of aliphatic hydroxyl groups excluding tert-OH is 1. The lowest BCUT2D eigenvalue weighted by atomic mass is 9.71. The Morgan fingerprint density at radius 2 is 1.18 bits per heavy atom. The van der Waals surface area contributed by atoms with E-state index in [0.717, 1.165) is 6.07 Å². The maximum atomic E-state index is 14.0. The minimum absolute atomic E-state index is 0.0289. The molecule has 3 fully saturated rings. The molecule has 300 valence electrons. The molecule has 3 saturated heterocycles. The number of hydrogen-bond donors (Lipinski definition) is 1. The van der Waals surface area contributed by atoms with Gasteiger partial charge in [0.1, 0.15) is 18.7 Å². The largest absolute Gasteiger partial charge is 0.416 e. The number of halogens is 12. The van der Waals surface area contributed by atoms with Crippen LogP contribution in [-0.2, 0) is 31.2 Å². The fourth-order valence-electron chi connectivity index (χ4n) is 8.69. The van der Waals surface area contributed by atoms with Crippen LogP contribution in [0, 0.1) is 11.8 Å². The van der Waals surface area contributed by atoms with Crippen molar-refractivity contribution in [2.45, 2.75) is 56.2 Å². The van der Waals surface area contributed by atoms with E-state index in [-0.39, 0.29) is 51.7 Å². The van der Waals surface area contributed by atoms with E-state index in [4.69, 9.17) is 0 Å². The highest BCUT2D eigenvalue weighted by Crippen LogP contribution is 2.49. The molecule has 57 heavy (non-hydrogen) atoms. The van der Waals surface area contributed by atoms with E-state index in [2.05, 4.69) is 11.6 Å². The Morgan fingerprint density at radius 3 is 1.67 bits per heavy atom. The lowest BCUT2D eigenvalue weighted by Crippen LogP contribution is -2.67. The number of piperidine rings is 3. The molecular formula is C42H33F12N2O+. The van der Waals surface area contributed by atoms with Crippen LogP contribution in [0.3, 0.4) is 0 Å². The zero-order valence-electron chi connectivity index (χ0n) is 29.7. The first kappa shape index (κ1) is 40.3. The Morgan fingerprint density at radius 1 is 0.684 bits per heavy atom. The number of hydrogen-bond acceptors (Lipinski definition) is 2. The second-order valence-electron chi connectivity index (χ2n) is 14.9. The Balaban J connectivity index is 1.44. The topological polar surface area (TPSA) is 33.1 Å². The zero-order chi connectivity index (χ0) is 41.3. The maximum absolute atomic E-state index is 14.0. The van der Waals surface area contributed by atoms with Gasteiger partial charge in [0.2, 0.25) is 0 Å². The van der Waals surface area contributed by atoms with E-state index in [1.54, 1.807) is 42.6 Å². The molecule has 0 spiro atoms. The molecule has 0 amide bonds. The molecule has 0 unspecified atom stereocenters. The Labute approximate surface area is 318 Å². The van der Waals surface area contributed by atoms with Crippen LogP contribution in [0.1, 0.15) is 52.3 Å². The van der Waals surface area contributed by atoms with Crippen molar-refractivity contribution >= 4 is 10.9 Å². The van der Waals surface area contributed by atoms with Crippen molar-refractivity contribution in [3.05, 3.63) is 137 Å². The van der Waals surface area contributed by atoms with Crippen molar-refractivity contribution in [2.75, 3.05) is 13.1 Å². The highest BCUT2D eigenvalue weighted by Gasteiger charge is 2.54. The van der Waals surface area contributed by atoms with E-state index in [1.807, 2.05) is 0 Å². The van der Waals surface area contributed by atoms with Gasteiger partial charge in [-0.1, -0.05) is 24.3 Å². The van der Waals surface area contributed by atoms with Gasteiger partial charge in [0.25, 0.3) is 0 Å². The second kappa shape index (κ2) is 14.2. The van der Waals surface area contributed by atoms with E-state index in [0.29, 0.717) is 66.7 Å². The number of aromatic nitrogens is 1. The van der Waals surface area contributed by atoms with E-state index < -0.39 is 70.2 Å². The number of aliphatic hydroxyl groups is 1. The van der Waals surface area contributed by atoms with Crippen LogP contribution in [0.4, 0.5) is 52.7 Å². The maximum Gasteiger partial charge on any atom is 0.416 e. The fraction of sp³-hybridized carbons (Fsp3) is 0.310. The van der Waals surface area contributed by atoms with Gasteiger partial charge in [0.15, 0.2) is 0 Å². The minimum Gasteiger partial charge on any atom is -0.382 e. The predicted octanol–water partition coefficient (Wildman–Crippen LogP) is 12.3. The van der Waals surface area contributed by atoms with Crippen LogP contribution in [-0.4, -0.2) is 33.7 Å². The Bertz CT molecular complexity index is 2160. The number of nitrogens with zero attached hydrogens (tertiary/aromatic N) is 2. The van der Waals surface area contributed by atoms with Gasteiger partial charge in [0, 0.05) is 35.9 Å². The smallest absolute Gasteiger partial charge is 0.382 e. The van der Waals surface area contributed by atoms with Gasteiger partial charge in [0.05, 0.1) is 40.9 Å². The van der Waals surface area contributed by atoms with Gasteiger partial charge in [-0.3, -0.25) is 4.98 Å². The highest BCUT2D eigenvalue weighted by atomic mass is 19.4. The van der Waals surface area contributed by atoms with E-state index in [9.17, 15) is 57.8 Å². The van der Waals surface area contributed by atoms with Crippen LogP contribution in [0.2, 0.25) is 0 Å². The molecule has 5 atom stereocenters. The predicted molar refractivity (Wildman–Crippen MR) is 188 cm³/mol. The molecular weight excluding hydrogens is 776 g/mol. The van der Waals surface area contributed by atoms with Crippen molar-refractivity contribution in [2.24, 2.45) is 11.8 Å². The Kier molecular flexibility index (Phi) is 10.0. The minimum atomic E-state index is -5.24. The third-order valence-electron chi connectivity index (χ3n) is 11.4. The van der Waals surface area contributed by atoms with Crippen molar-refractivity contribution < 1.29 is 62.3 Å². The number of alkyl halides is 12. The molecule has 5 aromatic rings. The van der Waals surface area contributed by atoms with Crippen molar-refractivity contribution in [1.29, 1.82) is 0 Å². The van der Waals surface area contributed by atoms with Crippen LogP contribution in [0.5, 0.6) is 0 Å². The number of quaternary nitrogens is 1. The summed E-state index contributed by atoms with van der Waals surface area (Å²) < 4.78 is 168. The molecule has 0 radical (unpaired) electrons. The molecule has 8 rings (SSSR count). The summed E-state index contributed by atoms with van der Waals surface area (Å²) >= 11 is 0. The summed E-state index contributed by atoms with van der Waals surface area (Å²) in [6.07, 6.45) is -17.6. The van der Waals surface area contributed by atoms with Crippen molar-refractivity contribution in [3.8, 4) is 22.3 Å². The van der Waals surface area contributed by atoms with Crippen LogP contribution in [0.25, 0.3) is 33.2 Å². The van der Waals surface area contributed by atoms with E-state index in [1.165, 1.54) is 12.1 Å². The summed E-state index contributed by atoms with van der Waals surface area (Å²) in [6, 6.07) is 13.6. The van der Waals surface area contributed by atoms with Crippen molar-refractivity contribution in [3.63, 3.8) is 0 Å². The molecule has 1 N–H and O–H groups in total. The monoisotopic (exact) mass is 809 g/mol. The molecule has 4 heterocycles. The number of para-hydroxylation sites is 1. The lowest BCUT2D eigenvalue weighted by molar-refractivity contribution is -0.984. The summed E-state index contributed by atoms with van der Waals surface area (Å²) in [4.78, 5) is 4.38. The van der Waals surface area contributed by atoms with Gasteiger partial charge < -0.3 is 9.59 Å². The molecule has 15 heteroatoms. The molecule has 4 aromatic carbocycles. The first-order chi connectivity index (χ1) is 26.6. The average Bonchev–Trinajstić information content (AvgIpc) is 3.15. The molecule has 1 aromatic heterocycles. The zero-order valence-corrected chi connectivity index (χ0v) is 29.7. The summed E-state index contributed by atoms with van der Waals surface area (Å²) in [7, 11) is 0. The quantitative estimate of drug-likeness (QED) is 0.101. The van der Waals surface area contributed by atoms with Gasteiger partial charge in [-0.2, -0.15) is 52.7 Å². The first-order valence-corrected chi connectivity index (χ1v) is 17.8. The molecule has 0 aliphatic carbocycles. The first-order valence-electron chi connectivity index (χ1n) is 17.8. The third kappa shape index (κ3) is 8.00. The SMILES string of the molecule is C=C[C@H]1C[N@+]2(Cc3cc(-c4cc(C(F)(F)F)cc(C(F)(F)F)c4)cc(-c4cc(C(F)(F)F)cc(C(F)(F)F)c4)c3)CC[C@H]1C[C@H]2[C@H](O)c1ccnc2ccccc12. The molecule has 3 nitrogen and oxygen atoms in total. The fourth-order valence-corrected chi connectivity index (χ4v) is 8.69. The van der Waals surface area contributed by atoms with Gasteiger partial charge in [-0.25, -0.2) is 0 Å². The van der Waals surface area contributed by atoms with Gasteiger partial charge >= 0.3 is 24.7 Å². The molecule has 3 aliphatic heterocycles. The number of benzene rings is 4. The summed E-state index contributed by atoms with van der Waals surface area (Å²) in [5.41, 5.74) is -7.02. The summed E-state index contributed by atoms with van der Waals surface area (Å²) in [6.45, 7) is 4.82. The van der Waals surface area contributed by atoms with Crippen LogP contribution < -0.4 is 0 Å². The number of pyridine rings is 1. The van der Waals surface area contributed by atoms with E-state index >= 15 is 0 Å². The normalized spacial score (nSPS) is 22.2. The number of rotatable bonds is 7. The lowest BCUT2D eigenvalue weighted by Gasteiger charge is -2.58. The van der Waals surface area contributed by atoms with Crippen LogP contribution in [0.15, 0.2) is 104 Å². The summed E-state index contributed by atoms with van der Waals surface area (Å²) in [5, 5.41) is 12.9. The van der Waals surface area contributed by atoms with Crippen LogP contribution >= 0.6 is 0 Å². The Hall–Kier alpha value is -4.89. The molecule has 2 bridgehead atoms. The van der Waals surface area contributed by atoms with Crippen molar-refractivity contribution in [1.82, 2.24) is 4.98 Å². The standard InChI is InChI=1S/C42H33F12N2O/c1-2-24-22-56(10-8-25(24)18-37(56)38(57)35-7-9-55-36-6-4-3-5-34(35)36)21-23-11-26(28-14-30(39(43,44)45)19-31(15-28)40(46,47)48)13-27(12-23)29-16-32(41(49,50)51)20-33(17-29)42(52,53)54/h2-7,9,11-17,19-20,24-25,37-38,57H,1,8,10,18,21-22H2/q+1/t24-,25-,37-,38+,56+/m0/s1.